The monoisotopic (exact) mass is 613 g/mol. The summed E-state index contributed by atoms with van der Waals surface area (Å²) in [5.41, 5.74) is 11.9. The lowest BCUT2D eigenvalue weighted by molar-refractivity contribution is -0.150. The number of nitrogens with one attached hydrogen (secondary N) is 1. The number of fused-ring (bicyclic) bond motifs is 1. The molecule has 0 bridgehead atoms. The molecule has 0 spiro atoms. The van der Waals surface area contributed by atoms with Crippen LogP contribution in [0, 0.1) is 0 Å². The molecule has 0 aliphatic carbocycles. The highest BCUT2D eigenvalue weighted by Gasteiger charge is 2.54. The zero-order valence-electron chi connectivity index (χ0n) is 20.2. The molecule has 12 nitrogen and oxygen atoms in total. The van der Waals surface area contributed by atoms with Crippen molar-refractivity contribution in [2.24, 2.45) is 10.9 Å². The predicted octanol–water partition coefficient (Wildman–Crippen LogP) is 1.49. The lowest BCUT2D eigenvalue weighted by Crippen LogP contribution is -2.71. The number of amides is 2. The van der Waals surface area contributed by atoms with E-state index >= 15 is 0 Å². The number of carbonyl (C=O) groups excluding carboxylic acids is 2. The summed E-state index contributed by atoms with van der Waals surface area (Å²) in [5, 5.41) is 17.3. The Labute approximate surface area is 239 Å². The maximum absolute atomic E-state index is 13.1. The van der Waals surface area contributed by atoms with Crippen LogP contribution in [0.25, 0.3) is 0 Å². The number of β-lactam (4-membered cyclic amide) rings is 1. The van der Waals surface area contributed by atoms with Crippen LogP contribution in [0.5, 0.6) is 0 Å². The number of hydrogen-bond donors (Lipinski definition) is 4. The maximum atomic E-state index is 13.1. The molecule has 2 aliphatic heterocycles. The Kier molecular flexibility index (Phi) is 10.1. The number of nitrogens with zero attached hydrogens (tertiary/aromatic N) is 4. The van der Waals surface area contributed by atoms with E-state index in [4.69, 9.17) is 16.3 Å². The number of hydrogen-bond acceptors (Lipinski definition) is 13. The highest BCUT2D eigenvalue weighted by Crippen LogP contribution is 2.45. The Bertz CT molecular complexity index is 1310. The van der Waals surface area contributed by atoms with Gasteiger partial charge in [0.2, 0.25) is 0 Å². The van der Waals surface area contributed by atoms with Gasteiger partial charge < -0.3 is 26.7 Å². The third-order valence-corrected chi connectivity index (χ3v) is 9.72. The Hall–Kier alpha value is -2.86. The number of carboxylic acids is 1. The second-order valence-electron chi connectivity index (χ2n) is 7.90. The van der Waals surface area contributed by atoms with Crippen molar-refractivity contribution in [3.05, 3.63) is 45.7 Å². The minimum Gasteiger partial charge on any atom is -0.477 e. The van der Waals surface area contributed by atoms with Crippen LogP contribution in [0.4, 0.5) is 9.52 Å². The summed E-state index contributed by atoms with van der Waals surface area (Å²) in [6, 6.07) is 0.805. The number of carboxylic acid groups (broad SMARTS) is 1. The normalized spacial score (nSPS) is 19.0. The van der Waals surface area contributed by atoms with Gasteiger partial charge in [0.25, 0.3) is 11.8 Å². The number of pyridine rings is 1. The SMILES string of the molecule is NCCSCc1cnccc1SC1=C(C(=O)O)N2C(=O)[C@@H](NC(=O)/C(=N/OCCF)c3csc(N)n3)[C@H]2SC1. The Balaban J connectivity index is 1.52. The number of carbonyl (C=O) groups is 3. The van der Waals surface area contributed by atoms with E-state index in [2.05, 4.69) is 20.4 Å². The summed E-state index contributed by atoms with van der Waals surface area (Å²) in [7, 11) is 0. The summed E-state index contributed by atoms with van der Waals surface area (Å²) in [5.74, 6) is -0.845. The Morgan fingerprint density at radius 3 is 2.92 bits per heavy atom. The van der Waals surface area contributed by atoms with E-state index in [1.807, 2.05) is 6.07 Å². The van der Waals surface area contributed by atoms with Gasteiger partial charge in [0.15, 0.2) is 10.8 Å². The third-order valence-electron chi connectivity index (χ3n) is 5.34. The van der Waals surface area contributed by atoms with E-state index in [0.29, 0.717) is 23.0 Å². The number of oxime groups is 1. The van der Waals surface area contributed by atoms with Crippen molar-refractivity contribution >= 4 is 75.2 Å². The van der Waals surface area contributed by atoms with Gasteiger partial charge in [-0.3, -0.25) is 19.5 Å². The Morgan fingerprint density at radius 1 is 1.41 bits per heavy atom. The van der Waals surface area contributed by atoms with E-state index in [-0.39, 0.29) is 28.8 Å². The van der Waals surface area contributed by atoms with Crippen LogP contribution in [0.2, 0.25) is 0 Å². The molecule has 208 valence electrons. The van der Waals surface area contributed by atoms with E-state index in [9.17, 15) is 23.9 Å². The first-order valence-electron chi connectivity index (χ1n) is 11.4. The van der Waals surface area contributed by atoms with E-state index in [1.54, 1.807) is 24.2 Å². The fraction of sp³-hybridized carbons (Fsp3) is 0.364. The first-order valence-corrected chi connectivity index (χ1v) is 15.3. The molecule has 2 amide bonds. The second kappa shape index (κ2) is 13.5. The van der Waals surface area contributed by atoms with Crippen molar-refractivity contribution in [1.29, 1.82) is 0 Å². The molecular weight excluding hydrogens is 590 g/mol. The fourth-order valence-electron chi connectivity index (χ4n) is 3.65. The van der Waals surface area contributed by atoms with Crippen LogP contribution in [-0.4, -0.2) is 86.2 Å². The molecule has 1 saturated heterocycles. The van der Waals surface area contributed by atoms with Gasteiger partial charge in [0, 0.05) is 51.4 Å². The zero-order chi connectivity index (χ0) is 27.9. The van der Waals surface area contributed by atoms with Gasteiger partial charge in [0.1, 0.15) is 36.1 Å². The van der Waals surface area contributed by atoms with E-state index in [0.717, 1.165) is 27.5 Å². The molecule has 2 aliphatic rings. The third kappa shape index (κ3) is 6.66. The highest BCUT2D eigenvalue weighted by atomic mass is 32.2. The summed E-state index contributed by atoms with van der Waals surface area (Å²) in [6.07, 6.45) is 3.37. The van der Waals surface area contributed by atoms with E-state index < -0.39 is 35.9 Å². The predicted molar refractivity (Wildman–Crippen MR) is 150 cm³/mol. The highest BCUT2D eigenvalue weighted by molar-refractivity contribution is 8.06. The number of thioether (sulfide) groups is 3. The topological polar surface area (TPSA) is 186 Å². The van der Waals surface area contributed by atoms with Gasteiger partial charge in [-0.05, 0) is 11.6 Å². The van der Waals surface area contributed by atoms with Crippen LogP contribution < -0.4 is 16.8 Å². The van der Waals surface area contributed by atoms with Crippen molar-refractivity contribution in [2.45, 2.75) is 22.1 Å². The summed E-state index contributed by atoms with van der Waals surface area (Å²) >= 11 is 5.33. The molecule has 6 N–H and O–H groups in total. The van der Waals surface area contributed by atoms with Gasteiger partial charge in [0.05, 0.1) is 0 Å². The molecule has 0 radical (unpaired) electrons. The molecule has 39 heavy (non-hydrogen) atoms. The number of nitrogen functional groups attached to an aromatic ring is 1. The molecule has 0 unspecified atom stereocenters. The van der Waals surface area contributed by atoms with E-state index in [1.165, 1.54) is 33.8 Å². The summed E-state index contributed by atoms with van der Waals surface area (Å²) < 4.78 is 12.5. The lowest BCUT2D eigenvalue weighted by Gasteiger charge is -2.49. The number of nitrogens with two attached hydrogens (primary N) is 2. The van der Waals surface area contributed by atoms with Crippen molar-refractivity contribution in [3.63, 3.8) is 0 Å². The van der Waals surface area contributed by atoms with Crippen LogP contribution in [0.1, 0.15) is 11.3 Å². The van der Waals surface area contributed by atoms with Crippen LogP contribution in [0.15, 0.2) is 44.5 Å². The van der Waals surface area contributed by atoms with Gasteiger partial charge in [-0.25, -0.2) is 14.2 Å². The average Bonchev–Trinajstić information content (AvgIpc) is 3.35. The average molecular weight is 614 g/mol. The van der Waals surface area contributed by atoms with Crippen LogP contribution in [0.3, 0.4) is 0 Å². The van der Waals surface area contributed by atoms with Gasteiger partial charge in [-0.1, -0.05) is 16.9 Å². The fourth-order valence-corrected chi connectivity index (χ4v) is 7.61. The molecule has 4 rings (SSSR count). The number of thiazole rings is 1. The summed E-state index contributed by atoms with van der Waals surface area (Å²) in [6.45, 7) is -0.641. The molecule has 17 heteroatoms. The molecule has 2 aromatic rings. The summed E-state index contributed by atoms with van der Waals surface area (Å²) in [4.78, 5) is 54.0. The number of halogens is 1. The quantitative estimate of drug-likeness (QED) is 0.111. The molecule has 2 aromatic heterocycles. The van der Waals surface area contributed by atoms with Gasteiger partial charge >= 0.3 is 5.97 Å². The molecule has 4 heterocycles. The number of aliphatic carboxylic acids is 1. The Morgan fingerprint density at radius 2 is 2.23 bits per heavy atom. The standard InChI is InChI=1S/C22H24FN7O5S4/c23-2-5-35-29-15(12-9-38-22(25)27-12)18(31)28-16-19(32)30-17(21(33)34)14(10-37-20(16)30)39-13-1-4-26-7-11(13)8-36-6-3-24/h1,4,7,9,16,20H,2-3,5-6,8,10,24H2,(H2,25,27)(H,28,31)(H,33,34)/b29-15+/t16-,20-/m1/s1. The number of alkyl halides is 1. The first kappa shape index (κ1) is 29.1. The lowest BCUT2D eigenvalue weighted by atomic mass is 10.0. The first-order chi connectivity index (χ1) is 18.8. The van der Waals surface area contributed by atoms with Crippen LogP contribution >= 0.6 is 46.6 Å². The largest absolute Gasteiger partial charge is 0.477 e. The number of anilines is 1. The smallest absolute Gasteiger partial charge is 0.353 e. The van der Waals surface area contributed by atoms with Gasteiger partial charge in [-0.15, -0.1) is 23.1 Å². The van der Waals surface area contributed by atoms with Crippen molar-refractivity contribution in [2.75, 3.05) is 37.1 Å². The van der Waals surface area contributed by atoms with Crippen molar-refractivity contribution in [3.8, 4) is 0 Å². The van der Waals surface area contributed by atoms with Crippen LogP contribution in [-0.2, 0) is 25.0 Å². The van der Waals surface area contributed by atoms with Crippen molar-refractivity contribution < 1.29 is 28.7 Å². The molecular formula is C22H24FN7O5S4. The number of rotatable bonds is 13. The molecule has 2 atom stereocenters. The zero-order valence-corrected chi connectivity index (χ0v) is 23.5. The molecule has 0 aromatic carbocycles. The molecule has 1 fully saturated rings. The minimum atomic E-state index is -1.24. The molecule has 0 saturated carbocycles. The maximum Gasteiger partial charge on any atom is 0.353 e. The van der Waals surface area contributed by atoms with Crippen molar-refractivity contribution in [1.82, 2.24) is 20.2 Å². The van der Waals surface area contributed by atoms with Gasteiger partial charge in [-0.2, -0.15) is 11.8 Å². The number of aromatic nitrogens is 2. The minimum absolute atomic E-state index is 0.108. The second-order valence-corrected chi connectivity index (χ2v) is 12.1.